The van der Waals surface area contributed by atoms with Crippen LogP contribution in [-0.2, 0) is 27.8 Å². The largest absolute Gasteiger partial charge is 0.497 e. The number of methoxy groups -OCH3 is 1. The Kier molecular flexibility index (Phi) is 11.0. The van der Waals surface area contributed by atoms with Gasteiger partial charge in [-0.1, -0.05) is 42.5 Å². The smallest absolute Gasteiger partial charge is 0.256 e. The van der Waals surface area contributed by atoms with Gasteiger partial charge < -0.3 is 14.7 Å². The van der Waals surface area contributed by atoms with E-state index in [9.17, 15) is 23.1 Å². The molecule has 3 aromatic rings. The second-order valence-electron chi connectivity index (χ2n) is 8.40. The van der Waals surface area contributed by atoms with Gasteiger partial charge in [-0.25, -0.2) is 18.1 Å². The molecule has 0 unspecified atom stereocenters. The molecule has 0 radical (unpaired) electrons. The van der Waals surface area contributed by atoms with Crippen molar-refractivity contribution in [2.45, 2.75) is 32.4 Å². The second-order valence-corrected chi connectivity index (χ2v) is 12.9. The van der Waals surface area contributed by atoms with Gasteiger partial charge in [0.25, 0.3) is 5.91 Å². The lowest BCUT2D eigenvalue weighted by Gasteiger charge is -2.25. The fourth-order valence-electron chi connectivity index (χ4n) is 3.60. The highest BCUT2D eigenvalue weighted by atomic mass is 79.9. The van der Waals surface area contributed by atoms with Crippen molar-refractivity contribution < 1.29 is 27.9 Å². The van der Waals surface area contributed by atoms with Crippen LogP contribution in [0.25, 0.3) is 0 Å². The molecule has 1 amide bonds. The second kappa shape index (κ2) is 13.9. The van der Waals surface area contributed by atoms with Gasteiger partial charge in [0.2, 0.25) is 10.0 Å². The van der Waals surface area contributed by atoms with Gasteiger partial charge in [0.15, 0.2) is 11.9 Å². The van der Waals surface area contributed by atoms with E-state index in [2.05, 4.69) is 25.6 Å². The van der Waals surface area contributed by atoms with Crippen molar-refractivity contribution in [1.82, 2.24) is 14.6 Å². The van der Waals surface area contributed by atoms with Crippen LogP contribution in [0.5, 0.6) is 5.75 Å². The molecule has 0 saturated heterocycles. The molecule has 2 aromatic carbocycles. The maximum Gasteiger partial charge on any atom is 0.256 e. The molecule has 0 aliphatic heterocycles. The first-order valence-electron chi connectivity index (χ1n) is 11.9. The van der Waals surface area contributed by atoms with E-state index in [0.29, 0.717) is 33.1 Å². The predicted octanol–water partition coefficient (Wildman–Crippen LogP) is 3.73. The Morgan fingerprint density at radius 3 is 2.47 bits per heavy atom. The third-order valence-electron chi connectivity index (χ3n) is 5.77. The summed E-state index contributed by atoms with van der Waals surface area (Å²) in [6.45, 7) is 1.51. The minimum Gasteiger partial charge on any atom is -0.497 e. The summed E-state index contributed by atoms with van der Waals surface area (Å²) in [4.78, 5) is 31.9. The van der Waals surface area contributed by atoms with Gasteiger partial charge >= 0.3 is 0 Å². The number of aryl methyl sites for hydroxylation is 1. The number of Topliss-reactive ketones (excluding diaryl/α,β-unsaturated/α-hetero) is 1. The van der Waals surface area contributed by atoms with Crippen LogP contribution in [-0.4, -0.2) is 61.1 Å². The van der Waals surface area contributed by atoms with Gasteiger partial charge in [0.1, 0.15) is 20.2 Å². The van der Waals surface area contributed by atoms with Crippen LogP contribution in [0.4, 0.5) is 0 Å². The lowest BCUT2D eigenvalue weighted by molar-refractivity contribution is -0.141. The molecule has 1 atom stereocenters. The third kappa shape index (κ3) is 8.43. The Morgan fingerprint density at radius 1 is 1.16 bits per heavy atom. The average Bonchev–Trinajstić information content (AvgIpc) is 3.30. The Hall–Kier alpha value is -2.64. The van der Waals surface area contributed by atoms with Crippen molar-refractivity contribution in [1.29, 1.82) is 0 Å². The summed E-state index contributed by atoms with van der Waals surface area (Å²) in [5, 5.41) is 11.3. The molecule has 1 aromatic heterocycles. The first-order chi connectivity index (χ1) is 18.1. The van der Waals surface area contributed by atoms with Crippen molar-refractivity contribution >= 4 is 49.0 Å². The first-order valence-corrected chi connectivity index (χ1v) is 15.2. The maximum absolute atomic E-state index is 13.4. The lowest BCUT2D eigenvalue weighted by Crippen LogP contribution is -2.35. The van der Waals surface area contributed by atoms with E-state index in [1.807, 2.05) is 30.3 Å². The molecule has 0 aliphatic rings. The Balaban J connectivity index is 1.76. The zero-order chi connectivity index (χ0) is 27.7. The molecule has 0 bridgehead atoms. The first kappa shape index (κ1) is 29.9. The van der Waals surface area contributed by atoms with Crippen LogP contribution in [0.1, 0.15) is 46.1 Å². The van der Waals surface area contributed by atoms with Gasteiger partial charge in [-0.2, -0.15) is 0 Å². The summed E-state index contributed by atoms with van der Waals surface area (Å²) in [5.41, 5.74) is 1.66. The number of sulfonamides is 1. The molecule has 3 rings (SSSR count). The number of halogens is 1. The summed E-state index contributed by atoms with van der Waals surface area (Å²) in [5.74, 6) is -0.505. The highest BCUT2D eigenvalue weighted by Gasteiger charge is 2.26. The standard InChI is InChI=1S/C26H30BrN3O6S2/c1-3-38(34,35)28-16-21(31)23-25(27)37-22(29-23)17-30(15-7-10-18-8-5-4-6-9-18)26(33)24(32)19-11-13-20(36-2)14-12-19/h4-6,8-9,11-14,24,28,32H,3,7,10,15-17H2,1-2H3/t24-/m1/s1. The number of ether oxygens (including phenoxy) is 1. The number of hydrogen-bond donors (Lipinski definition) is 2. The van der Waals surface area contributed by atoms with Crippen molar-refractivity contribution in [3.8, 4) is 5.75 Å². The molecule has 0 saturated carbocycles. The van der Waals surface area contributed by atoms with Gasteiger partial charge in [-0.05, 0) is 59.0 Å². The van der Waals surface area contributed by atoms with Crippen LogP contribution in [0, 0.1) is 0 Å². The summed E-state index contributed by atoms with van der Waals surface area (Å²) in [6.07, 6.45) is 0.0134. The van der Waals surface area contributed by atoms with Crippen molar-refractivity contribution in [2.75, 3.05) is 26.0 Å². The number of benzene rings is 2. The maximum atomic E-state index is 13.4. The van der Waals surface area contributed by atoms with E-state index in [1.54, 1.807) is 24.3 Å². The third-order valence-corrected chi connectivity index (χ3v) is 8.80. The van der Waals surface area contributed by atoms with Gasteiger partial charge in [-0.15, -0.1) is 11.3 Å². The molecule has 0 spiro atoms. The number of hydrogen-bond acceptors (Lipinski definition) is 8. The molecular weight excluding hydrogens is 594 g/mol. The lowest BCUT2D eigenvalue weighted by atomic mass is 10.1. The fraction of sp³-hybridized carbons (Fsp3) is 0.346. The molecule has 9 nitrogen and oxygen atoms in total. The fourth-order valence-corrected chi connectivity index (χ4v) is 5.84. The van der Waals surface area contributed by atoms with Gasteiger partial charge in [0, 0.05) is 6.54 Å². The minimum atomic E-state index is -3.53. The minimum absolute atomic E-state index is 0.0814. The summed E-state index contributed by atoms with van der Waals surface area (Å²) < 4.78 is 31.2. The van der Waals surface area contributed by atoms with Crippen LogP contribution in [0.3, 0.4) is 0 Å². The molecule has 2 N–H and O–H groups in total. The Labute approximate surface area is 235 Å². The zero-order valence-corrected chi connectivity index (χ0v) is 24.3. The number of aliphatic hydroxyl groups excluding tert-OH is 1. The van der Waals surface area contributed by atoms with E-state index in [1.165, 1.54) is 30.3 Å². The average molecular weight is 625 g/mol. The molecule has 1 heterocycles. The molecule has 204 valence electrons. The Morgan fingerprint density at radius 2 is 1.84 bits per heavy atom. The molecule has 0 fully saturated rings. The molecule has 0 aliphatic carbocycles. The van der Waals surface area contributed by atoms with Gasteiger partial charge in [-0.3, -0.25) is 9.59 Å². The molecular formula is C26H30BrN3O6S2. The number of thiazole rings is 1. The highest BCUT2D eigenvalue weighted by molar-refractivity contribution is 9.11. The molecule has 38 heavy (non-hydrogen) atoms. The predicted molar refractivity (Wildman–Crippen MR) is 150 cm³/mol. The van der Waals surface area contributed by atoms with Crippen LogP contribution in [0.2, 0.25) is 0 Å². The van der Waals surface area contributed by atoms with E-state index in [0.717, 1.165) is 12.0 Å². The topological polar surface area (TPSA) is 126 Å². The van der Waals surface area contributed by atoms with E-state index < -0.39 is 34.4 Å². The number of ketones is 1. The summed E-state index contributed by atoms with van der Waals surface area (Å²) >= 11 is 4.52. The zero-order valence-electron chi connectivity index (χ0n) is 21.1. The monoisotopic (exact) mass is 623 g/mol. The van der Waals surface area contributed by atoms with Gasteiger partial charge in [0.05, 0.1) is 26.0 Å². The number of nitrogens with zero attached hydrogens (tertiary/aromatic N) is 2. The van der Waals surface area contributed by atoms with Crippen molar-refractivity contribution in [3.63, 3.8) is 0 Å². The SMILES string of the molecule is CCS(=O)(=O)NCC(=O)c1nc(CN(CCCc2ccccc2)C(=O)[C@H](O)c2ccc(OC)cc2)sc1Br. The van der Waals surface area contributed by atoms with Crippen LogP contribution >= 0.6 is 27.3 Å². The summed E-state index contributed by atoms with van der Waals surface area (Å²) in [7, 11) is -1.99. The number of carbonyl (C=O) groups excluding carboxylic acids is 2. The summed E-state index contributed by atoms with van der Waals surface area (Å²) in [6, 6.07) is 16.5. The quantitative estimate of drug-likeness (QED) is 0.262. The number of aromatic nitrogens is 1. The van der Waals surface area contributed by atoms with E-state index in [-0.39, 0.29) is 18.0 Å². The Bertz CT molecular complexity index is 1330. The van der Waals surface area contributed by atoms with Crippen molar-refractivity contribution in [2.24, 2.45) is 0 Å². The normalized spacial score (nSPS) is 12.2. The number of rotatable bonds is 14. The number of carbonyl (C=O) groups is 2. The van der Waals surface area contributed by atoms with E-state index >= 15 is 0 Å². The van der Waals surface area contributed by atoms with Crippen LogP contribution < -0.4 is 9.46 Å². The van der Waals surface area contributed by atoms with E-state index in [4.69, 9.17) is 4.74 Å². The number of nitrogens with one attached hydrogen (secondary N) is 1. The van der Waals surface area contributed by atoms with Crippen LogP contribution in [0.15, 0.2) is 58.4 Å². The number of aliphatic hydroxyl groups is 1. The number of amides is 1. The molecule has 12 heteroatoms. The van der Waals surface area contributed by atoms with Crippen molar-refractivity contribution in [3.05, 3.63) is 80.2 Å². The highest BCUT2D eigenvalue weighted by Crippen LogP contribution is 2.28.